The molecule has 2 saturated carbocycles. The van der Waals surface area contributed by atoms with Gasteiger partial charge in [-0.2, -0.15) is 0 Å². The molecule has 0 aromatic heterocycles. The van der Waals surface area contributed by atoms with Crippen LogP contribution in [0.2, 0.25) is 0 Å². The third-order valence-corrected chi connectivity index (χ3v) is 4.68. The van der Waals surface area contributed by atoms with E-state index in [1.54, 1.807) is 0 Å². The molecule has 94 valence electrons. The Morgan fingerprint density at radius 1 is 1.31 bits per heavy atom. The molecule has 0 spiro atoms. The normalized spacial score (nSPS) is 44.1. The van der Waals surface area contributed by atoms with Crippen molar-refractivity contribution in [3.8, 4) is 0 Å². The molecule has 0 radical (unpaired) electrons. The summed E-state index contributed by atoms with van der Waals surface area (Å²) in [6.45, 7) is 3.38. The van der Waals surface area contributed by atoms with Crippen molar-refractivity contribution in [1.29, 1.82) is 0 Å². The summed E-state index contributed by atoms with van der Waals surface area (Å²) in [7, 11) is 1.83. The minimum Gasteiger partial charge on any atom is -0.380 e. The van der Waals surface area contributed by atoms with Crippen molar-refractivity contribution < 1.29 is 4.74 Å². The molecule has 0 aromatic rings. The minimum absolute atomic E-state index is 0.306. The maximum Gasteiger partial charge on any atom is 0.0724 e. The predicted octanol–water partition coefficient (Wildman–Crippen LogP) is 1.66. The fourth-order valence-electron chi connectivity index (χ4n) is 3.29. The maximum absolute atomic E-state index is 6.19. The van der Waals surface area contributed by atoms with Crippen molar-refractivity contribution in [1.82, 2.24) is 5.32 Å². The molecule has 0 amide bonds. The van der Waals surface area contributed by atoms with Gasteiger partial charge in [0, 0.05) is 25.7 Å². The lowest BCUT2D eigenvalue weighted by Gasteiger charge is -2.32. The fourth-order valence-corrected chi connectivity index (χ4v) is 3.29. The molecule has 2 aliphatic carbocycles. The van der Waals surface area contributed by atoms with Gasteiger partial charge in [0.2, 0.25) is 0 Å². The van der Waals surface area contributed by atoms with Gasteiger partial charge in [-0.25, -0.2) is 0 Å². The molecular formula is C13H26N2O. The zero-order chi connectivity index (χ0) is 11.6. The van der Waals surface area contributed by atoms with Gasteiger partial charge in [0.15, 0.2) is 0 Å². The van der Waals surface area contributed by atoms with E-state index in [0.717, 1.165) is 6.54 Å². The summed E-state index contributed by atoms with van der Waals surface area (Å²) < 4.78 is 5.50. The van der Waals surface area contributed by atoms with Crippen LogP contribution in [0.4, 0.5) is 0 Å². The van der Waals surface area contributed by atoms with Gasteiger partial charge in [-0.05, 0) is 37.5 Å². The van der Waals surface area contributed by atoms with Crippen molar-refractivity contribution in [3.05, 3.63) is 0 Å². The Hall–Kier alpha value is -0.120. The van der Waals surface area contributed by atoms with Crippen molar-refractivity contribution >= 4 is 0 Å². The topological polar surface area (TPSA) is 47.3 Å². The SMILES string of the molecule is COC1CCCC1NCC1(C)CCCC1N. The van der Waals surface area contributed by atoms with E-state index in [1.807, 2.05) is 7.11 Å². The van der Waals surface area contributed by atoms with Crippen LogP contribution in [-0.2, 0) is 4.74 Å². The minimum atomic E-state index is 0.306. The summed E-state index contributed by atoms with van der Waals surface area (Å²) >= 11 is 0. The molecule has 3 nitrogen and oxygen atoms in total. The standard InChI is InChI=1S/C13H26N2O/c1-13(8-4-7-12(13)14)9-15-10-5-3-6-11(10)16-2/h10-12,15H,3-9,14H2,1-2H3. The first-order chi connectivity index (χ1) is 7.65. The van der Waals surface area contributed by atoms with Gasteiger partial charge in [-0.15, -0.1) is 0 Å². The highest BCUT2D eigenvalue weighted by Gasteiger charge is 2.37. The summed E-state index contributed by atoms with van der Waals surface area (Å²) in [5.41, 5.74) is 6.50. The molecule has 0 bridgehead atoms. The van der Waals surface area contributed by atoms with Gasteiger partial charge in [0.25, 0.3) is 0 Å². The second-order valence-corrected chi connectivity index (χ2v) is 5.85. The van der Waals surface area contributed by atoms with Gasteiger partial charge in [0.05, 0.1) is 6.10 Å². The van der Waals surface area contributed by atoms with Crippen LogP contribution in [0.3, 0.4) is 0 Å². The molecule has 4 atom stereocenters. The number of ether oxygens (including phenoxy) is 1. The van der Waals surface area contributed by atoms with E-state index in [9.17, 15) is 0 Å². The van der Waals surface area contributed by atoms with Crippen LogP contribution in [-0.4, -0.2) is 31.8 Å². The van der Waals surface area contributed by atoms with E-state index in [4.69, 9.17) is 10.5 Å². The maximum atomic E-state index is 6.19. The van der Waals surface area contributed by atoms with Crippen LogP contribution < -0.4 is 11.1 Å². The van der Waals surface area contributed by atoms with E-state index >= 15 is 0 Å². The third kappa shape index (κ3) is 2.41. The van der Waals surface area contributed by atoms with E-state index in [-0.39, 0.29) is 0 Å². The van der Waals surface area contributed by atoms with Crippen LogP contribution >= 0.6 is 0 Å². The Morgan fingerprint density at radius 3 is 2.75 bits per heavy atom. The molecular weight excluding hydrogens is 200 g/mol. The lowest BCUT2D eigenvalue weighted by atomic mass is 9.85. The summed E-state index contributed by atoms with van der Waals surface area (Å²) in [5, 5.41) is 3.69. The van der Waals surface area contributed by atoms with Crippen molar-refractivity contribution in [2.45, 2.75) is 63.6 Å². The number of nitrogens with one attached hydrogen (secondary N) is 1. The van der Waals surface area contributed by atoms with Crippen molar-refractivity contribution in [2.75, 3.05) is 13.7 Å². The molecule has 16 heavy (non-hydrogen) atoms. The quantitative estimate of drug-likeness (QED) is 0.766. The van der Waals surface area contributed by atoms with E-state index in [2.05, 4.69) is 12.2 Å². The lowest BCUT2D eigenvalue weighted by Crippen LogP contribution is -2.47. The number of hydrogen-bond acceptors (Lipinski definition) is 3. The zero-order valence-corrected chi connectivity index (χ0v) is 10.7. The average molecular weight is 226 g/mol. The number of methoxy groups -OCH3 is 1. The first-order valence-electron chi connectivity index (χ1n) is 6.67. The molecule has 0 saturated heterocycles. The van der Waals surface area contributed by atoms with Crippen LogP contribution in [0, 0.1) is 5.41 Å². The van der Waals surface area contributed by atoms with Gasteiger partial charge >= 0.3 is 0 Å². The Bertz CT molecular complexity index is 234. The molecule has 2 fully saturated rings. The predicted molar refractivity (Wildman–Crippen MR) is 66.4 cm³/mol. The highest BCUT2D eigenvalue weighted by Crippen LogP contribution is 2.36. The number of nitrogens with two attached hydrogens (primary N) is 1. The molecule has 0 aliphatic heterocycles. The molecule has 3 N–H and O–H groups in total. The van der Waals surface area contributed by atoms with Gasteiger partial charge in [0.1, 0.15) is 0 Å². The molecule has 0 heterocycles. The Balaban J connectivity index is 1.82. The first-order valence-corrected chi connectivity index (χ1v) is 6.67. The van der Waals surface area contributed by atoms with Crippen LogP contribution in [0.25, 0.3) is 0 Å². The van der Waals surface area contributed by atoms with Crippen LogP contribution in [0.1, 0.15) is 45.4 Å². The second kappa shape index (κ2) is 5.03. The third-order valence-electron chi connectivity index (χ3n) is 4.68. The monoisotopic (exact) mass is 226 g/mol. The average Bonchev–Trinajstić information content (AvgIpc) is 2.84. The second-order valence-electron chi connectivity index (χ2n) is 5.85. The lowest BCUT2D eigenvalue weighted by molar-refractivity contribution is 0.0803. The molecule has 3 heteroatoms. The van der Waals surface area contributed by atoms with Gasteiger partial charge in [-0.1, -0.05) is 13.3 Å². The van der Waals surface area contributed by atoms with E-state index < -0.39 is 0 Å². The molecule has 2 aliphatic rings. The van der Waals surface area contributed by atoms with Gasteiger partial charge in [-0.3, -0.25) is 0 Å². The Labute approximate surface area is 99.1 Å². The van der Waals surface area contributed by atoms with Crippen molar-refractivity contribution in [3.63, 3.8) is 0 Å². The highest BCUT2D eigenvalue weighted by atomic mass is 16.5. The fraction of sp³-hybridized carbons (Fsp3) is 1.00. The number of hydrogen-bond donors (Lipinski definition) is 2. The van der Waals surface area contributed by atoms with Crippen LogP contribution in [0.15, 0.2) is 0 Å². The summed E-state index contributed by atoms with van der Waals surface area (Å²) in [5.74, 6) is 0. The molecule has 4 unspecified atom stereocenters. The van der Waals surface area contributed by atoms with Crippen LogP contribution in [0.5, 0.6) is 0 Å². The van der Waals surface area contributed by atoms with E-state index in [0.29, 0.717) is 23.6 Å². The van der Waals surface area contributed by atoms with E-state index in [1.165, 1.54) is 38.5 Å². The Kier molecular flexibility index (Phi) is 3.88. The number of rotatable bonds is 4. The summed E-state index contributed by atoms with van der Waals surface area (Å²) in [6.07, 6.45) is 7.92. The molecule has 0 aromatic carbocycles. The van der Waals surface area contributed by atoms with Gasteiger partial charge < -0.3 is 15.8 Å². The highest BCUT2D eigenvalue weighted by molar-refractivity contribution is 4.95. The summed E-state index contributed by atoms with van der Waals surface area (Å²) in [4.78, 5) is 0. The smallest absolute Gasteiger partial charge is 0.0724 e. The molecule has 2 rings (SSSR count). The largest absolute Gasteiger partial charge is 0.380 e. The zero-order valence-electron chi connectivity index (χ0n) is 10.7. The van der Waals surface area contributed by atoms with Crippen molar-refractivity contribution in [2.24, 2.45) is 11.1 Å². The summed E-state index contributed by atoms with van der Waals surface area (Å²) in [6, 6.07) is 0.928. The Morgan fingerprint density at radius 2 is 2.12 bits per heavy atom. The first kappa shape index (κ1) is 12.3.